The Kier molecular flexibility index (Phi) is 7.74. The molecule has 32 heavy (non-hydrogen) atoms. The number of fused-ring (bicyclic) bond motifs is 1. The zero-order chi connectivity index (χ0) is 22.2. The van der Waals surface area contributed by atoms with E-state index in [9.17, 15) is 9.59 Å². The Labute approximate surface area is 195 Å². The third-order valence-electron chi connectivity index (χ3n) is 5.18. The molecule has 5 nitrogen and oxygen atoms in total. The summed E-state index contributed by atoms with van der Waals surface area (Å²) in [6, 6.07) is 22.1. The van der Waals surface area contributed by atoms with Gasteiger partial charge in [0, 0.05) is 23.4 Å². The minimum absolute atomic E-state index is 0.00233. The van der Waals surface area contributed by atoms with Crippen LogP contribution in [0.4, 0.5) is 0 Å². The first-order valence-corrected chi connectivity index (χ1v) is 12.6. The number of benzene rings is 2. The number of hydrogen-bond donors (Lipinski definition) is 1. The van der Waals surface area contributed by atoms with Crippen LogP contribution in [-0.4, -0.2) is 21.0 Å². The van der Waals surface area contributed by atoms with Crippen LogP contribution < -0.4 is 10.9 Å². The van der Waals surface area contributed by atoms with Gasteiger partial charge in [-0.3, -0.25) is 14.0 Å². The van der Waals surface area contributed by atoms with Crippen molar-refractivity contribution < 1.29 is 4.79 Å². The number of nitrogens with zero attached hydrogens (tertiary/aromatic N) is 2. The van der Waals surface area contributed by atoms with Gasteiger partial charge >= 0.3 is 0 Å². The van der Waals surface area contributed by atoms with Crippen LogP contribution in [0.2, 0.25) is 0 Å². The van der Waals surface area contributed by atoms with Crippen molar-refractivity contribution in [2.75, 3.05) is 5.75 Å². The molecule has 0 aliphatic rings. The maximum atomic E-state index is 12.7. The summed E-state index contributed by atoms with van der Waals surface area (Å²) in [6.07, 6.45) is 4.58. The summed E-state index contributed by atoms with van der Waals surface area (Å²) in [7, 11) is 0. The first-order chi connectivity index (χ1) is 15.7. The van der Waals surface area contributed by atoms with E-state index in [1.165, 1.54) is 33.1 Å². The van der Waals surface area contributed by atoms with Crippen LogP contribution in [0.1, 0.15) is 35.7 Å². The van der Waals surface area contributed by atoms with Gasteiger partial charge in [0.2, 0.25) is 5.91 Å². The molecule has 0 fully saturated rings. The lowest BCUT2D eigenvalue weighted by molar-refractivity contribution is -0.119. The molecule has 2 heterocycles. The van der Waals surface area contributed by atoms with Gasteiger partial charge in [0.25, 0.3) is 5.56 Å². The van der Waals surface area contributed by atoms with Gasteiger partial charge in [-0.2, -0.15) is 0 Å². The van der Waals surface area contributed by atoms with Crippen molar-refractivity contribution in [3.63, 3.8) is 0 Å². The van der Waals surface area contributed by atoms with Gasteiger partial charge in [-0.25, -0.2) is 4.98 Å². The molecule has 4 aromatic rings. The van der Waals surface area contributed by atoms with Crippen molar-refractivity contribution in [2.45, 2.75) is 31.1 Å². The van der Waals surface area contributed by atoms with Gasteiger partial charge in [-0.15, -0.1) is 23.1 Å². The summed E-state index contributed by atoms with van der Waals surface area (Å²) in [5.41, 5.74) is 3.06. The standard InChI is InChI=1S/C25H25N3O2S2/c29-23(18-31-17-21-16-24(30)28-14-15-32-25(28)26-21)27-22(20-11-5-2-6-12-20)13-7-10-19-8-3-1-4-9-19/h1-6,8-9,11-12,14-16,22H,7,10,13,17-18H2,(H,27,29). The monoisotopic (exact) mass is 463 g/mol. The summed E-state index contributed by atoms with van der Waals surface area (Å²) in [6.45, 7) is 0. The van der Waals surface area contributed by atoms with E-state index in [0.717, 1.165) is 24.8 Å². The second kappa shape index (κ2) is 11.1. The maximum absolute atomic E-state index is 12.7. The number of aryl methyl sites for hydroxylation is 1. The van der Waals surface area contributed by atoms with Crippen LogP contribution in [-0.2, 0) is 17.0 Å². The number of rotatable bonds is 10. The summed E-state index contributed by atoms with van der Waals surface area (Å²) in [5, 5.41) is 5.04. The fourth-order valence-corrected chi connectivity index (χ4v) is 5.08. The van der Waals surface area contributed by atoms with Gasteiger partial charge < -0.3 is 5.32 Å². The predicted octanol–water partition coefficient (Wildman–Crippen LogP) is 4.87. The zero-order valence-electron chi connectivity index (χ0n) is 17.6. The Bertz CT molecular complexity index is 1210. The second-order valence-electron chi connectivity index (χ2n) is 7.54. The third-order valence-corrected chi connectivity index (χ3v) is 6.90. The number of hydrogen-bond acceptors (Lipinski definition) is 5. The Morgan fingerprint density at radius 2 is 1.84 bits per heavy atom. The van der Waals surface area contributed by atoms with E-state index < -0.39 is 0 Å². The van der Waals surface area contributed by atoms with Crippen molar-refractivity contribution in [3.05, 3.63) is 105 Å². The minimum atomic E-state index is -0.0844. The number of carbonyl (C=O) groups excluding carboxylic acids is 1. The molecule has 7 heteroatoms. The first-order valence-electron chi connectivity index (χ1n) is 10.6. The number of thiazole rings is 1. The molecule has 2 aromatic heterocycles. The SMILES string of the molecule is O=C(CSCc1cc(=O)n2ccsc2n1)NC(CCCc1ccccc1)c1ccccc1. The Hall–Kier alpha value is -2.90. The maximum Gasteiger partial charge on any atom is 0.258 e. The molecule has 2 aromatic carbocycles. The van der Waals surface area contributed by atoms with E-state index in [2.05, 4.69) is 46.7 Å². The van der Waals surface area contributed by atoms with Crippen LogP contribution in [0.3, 0.4) is 0 Å². The molecular formula is C25H25N3O2S2. The lowest BCUT2D eigenvalue weighted by Gasteiger charge is -2.19. The highest BCUT2D eigenvalue weighted by molar-refractivity contribution is 7.99. The third kappa shape index (κ3) is 6.08. The summed E-state index contributed by atoms with van der Waals surface area (Å²) < 4.78 is 1.53. The summed E-state index contributed by atoms with van der Waals surface area (Å²) in [4.78, 5) is 30.0. The first kappa shape index (κ1) is 22.3. The van der Waals surface area contributed by atoms with E-state index >= 15 is 0 Å². The molecule has 0 bridgehead atoms. The minimum Gasteiger partial charge on any atom is -0.349 e. The Balaban J connectivity index is 1.31. The summed E-state index contributed by atoms with van der Waals surface area (Å²) in [5.74, 6) is 0.853. The molecule has 4 rings (SSSR count). The van der Waals surface area contributed by atoms with Crippen LogP contribution in [0.5, 0.6) is 0 Å². The highest BCUT2D eigenvalue weighted by Gasteiger charge is 2.15. The van der Waals surface area contributed by atoms with Gasteiger partial charge in [0.05, 0.1) is 17.5 Å². The topological polar surface area (TPSA) is 63.5 Å². The quantitative estimate of drug-likeness (QED) is 0.364. The highest BCUT2D eigenvalue weighted by atomic mass is 32.2. The molecule has 1 unspecified atom stereocenters. The molecule has 0 aliphatic carbocycles. The normalized spacial score (nSPS) is 12.0. The average Bonchev–Trinajstić information content (AvgIpc) is 3.29. The van der Waals surface area contributed by atoms with Gasteiger partial charge in [-0.1, -0.05) is 60.7 Å². The van der Waals surface area contributed by atoms with E-state index in [4.69, 9.17) is 0 Å². The van der Waals surface area contributed by atoms with E-state index in [-0.39, 0.29) is 17.5 Å². The molecule has 0 saturated heterocycles. The lowest BCUT2D eigenvalue weighted by Crippen LogP contribution is -2.30. The van der Waals surface area contributed by atoms with Crippen molar-refractivity contribution >= 4 is 34.0 Å². The Morgan fingerprint density at radius 1 is 1.09 bits per heavy atom. The molecule has 0 radical (unpaired) electrons. The largest absolute Gasteiger partial charge is 0.349 e. The van der Waals surface area contributed by atoms with Crippen molar-refractivity contribution in [1.29, 1.82) is 0 Å². The van der Waals surface area contributed by atoms with Crippen molar-refractivity contribution in [1.82, 2.24) is 14.7 Å². The smallest absolute Gasteiger partial charge is 0.258 e. The molecule has 0 aliphatic heterocycles. The molecule has 1 N–H and O–H groups in total. The van der Waals surface area contributed by atoms with E-state index in [1.807, 2.05) is 29.6 Å². The molecule has 0 saturated carbocycles. The van der Waals surface area contributed by atoms with Crippen molar-refractivity contribution in [3.8, 4) is 0 Å². The molecular weight excluding hydrogens is 438 g/mol. The second-order valence-corrected chi connectivity index (χ2v) is 9.40. The van der Waals surface area contributed by atoms with Crippen LogP contribution in [0.25, 0.3) is 4.96 Å². The molecule has 0 spiro atoms. The fraction of sp³-hybridized carbons (Fsp3) is 0.240. The molecule has 1 amide bonds. The zero-order valence-corrected chi connectivity index (χ0v) is 19.3. The highest BCUT2D eigenvalue weighted by Crippen LogP contribution is 2.20. The number of aromatic nitrogens is 2. The van der Waals surface area contributed by atoms with Crippen LogP contribution in [0.15, 0.2) is 83.1 Å². The Morgan fingerprint density at radius 3 is 2.62 bits per heavy atom. The van der Waals surface area contributed by atoms with Gasteiger partial charge in [-0.05, 0) is 30.4 Å². The molecule has 164 valence electrons. The lowest BCUT2D eigenvalue weighted by atomic mass is 9.99. The number of thioether (sulfide) groups is 1. The van der Waals surface area contributed by atoms with Crippen LogP contribution in [0, 0.1) is 0 Å². The fourth-order valence-electron chi connectivity index (χ4n) is 3.61. The van der Waals surface area contributed by atoms with E-state index in [1.54, 1.807) is 12.3 Å². The number of amides is 1. The average molecular weight is 464 g/mol. The van der Waals surface area contributed by atoms with Crippen LogP contribution >= 0.6 is 23.1 Å². The number of nitrogens with one attached hydrogen (secondary N) is 1. The van der Waals surface area contributed by atoms with Gasteiger partial charge in [0.15, 0.2) is 4.96 Å². The summed E-state index contributed by atoms with van der Waals surface area (Å²) >= 11 is 2.90. The number of carbonyl (C=O) groups is 1. The molecule has 1 atom stereocenters. The van der Waals surface area contributed by atoms with Gasteiger partial charge in [0.1, 0.15) is 0 Å². The van der Waals surface area contributed by atoms with E-state index in [0.29, 0.717) is 22.2 Å². The van der Waals surface area contributed by atoms with Crippen molar-refractivity contribution in [2.24, 2.45) is 0 Å². The predicted molar refractivity (Wildman–Crippen MR) is 132 cm³/mol.